The predicted molar refractivity (Wildman–Crippen MR) is 183 cm³/mol. The normalized spacial score (nSPS) is 10.8. The Labute approximate surface area is 256 Å². The molecule has 0 aliphatic rings. The van der Waals surface area contributed by atoms with Crippen molar-refractivity contribution in [3.05, 3.63) is 180 Å². The van der Waals surface area contributed by atoms with Crippen LogP contribution >= 0.6 is 0 Å². The van der Waals surface area contributed by atoms with Crippen molar-refractivity contribution in [1.82, 2.24) is 5.32 Å². The van der Waals surface area contributed by atoms with Gasteiger partial charge < -0.3 is 5.32 Å². The van der Waals surface area contributed by atoms with Gasteiger partial charge in [0.15, 0.2) is 0 Å². The molecule has 0 spiro atoms. The monoisotopic (exact) mass is 565 g/mol. The van der Waals surface area contributed by atoms with Gasteiger partial charge in [-0.3, -0.25) is 14.8 Å². The molecule has 0 unspecified atom stereocenters. The van der Waals surface area contributed by atoms with Gasteiger partial charge in [-0.25, -0.2) is 0 Å². The van der Waals surface area contributed by atoms with E-state index in [1.165, 1.54) is 23.6 Å². The first-order valence-corrected chi connectivity index (χ1v) is 14.2. The number of nitrogens with zero attached hydrogens (tertiary/aromatic N) is 2. The van der Waals surface area contributed by atoms with Crippen molar-refractivity contribution in [2.75, 3.05) is 0 Å². The van der Waals surface area contributed by atoms with E-state index < -0.39 is 0 Å². The van der Waals surface area contributed by atoms with E-state index in [0.717, 1.165) is 29.2 Å². The Kier molecular flexibility index (Phi) is 13.6. The third-order valence-corrected chi connectivity index (χ3v) is 6.23. The second-order valence-corrected chi connectivity index (χ2v) is 9.68. The van der Waals surface area contributed by atoms with E-state index in [4.69, 9.17) is 0 Å². The van der Waals surface area contributed by atoms with E-state index >= 15 is 0 Å². The minimum Gasteiger partial charge on any atom is -0.326 e. The summed E-state index contributed by atoms with van der Waals surface area (Å²) in [5.41, 5.74) is 8.32. The predicted octanol–water partition coefficient (Wildman–Crippen LogP) is 9.32. The van der Waals surface area contributed by atoms with Crippen molar-refractivity contribution in [1.29, 1.82) is 0 Å². The molecule has 1 N–H and O–H groups in total. The summed E-state index contributed by atoms with van der Waals surface area (Å²) in [6, 6.07) is 50.3. The van der Waals surface area contributed by atoms with E-state index in [0.29, 0.717) is 5.70 Å². The average molecular weight is 566 g/mol. The molecule has 4 heteroatoms. The van der Waals surface area contributed by atoms with E-state index in [2.05, 4.69) is 65.2 Å². The highest BCUT2D eigenvalue weighted by atomic mass is 16.1. The lowest BCUT2D eigenvalue weighted by Gasteiger charge is -2.04. The van der Waals surface area contributed by atoms with Crippen molar-refractivity contribution in [2.45, 2.75) is 27.3 Å². The maximum absolute atomic E-state index is 10.7. The first kappa shape index (κ1) is 32.2. The van der Waals surface area contributed by atoms with Gasteiger partial charge in [-0.1, -0.05) is 146 Å². The second-order valence-electron chi connectivity index (χ2n) is 9.68. The van der Waals surface area contributed by atoms with Crippen LogP contribution in [0.15, 0.2) is 168 Å². The van der Waals surface area contributed by atoms with Crippen LogP contribution in [0.4, 0.5) is 5.69 Å². The Morgan fingerprint density at radius 2 is 0.953 bits per heavy atom. The van der Waals surface area contributed by atoms with Crippen molar-refractivity contribution in [3.63, 3.8) is 0 Å². The standard InChI is InChI=1S/C15H15N.C14H13N.C10H11NO/c1-13(15-10-6-3-7-11-15)16-12-14-8-4-2-5-9-14;1-12(13-8-4-2-5-9-13)15-14-10-6-3-7-11-14;1-8(11-9(2)12)10-6-4-3-5-7-10/h2-11H,12H2,1H3;2-11H,1H3;3-7H,1H2,2H3,(H,11,12). The number of carbonyl (C=O) groups is 1. The first-order valence-electron chi connectivity index (χ1n) is 14.2. The van der Waals surface area contributed by atoms with Crippen LogP contribution in [0.3, 0.4) is 0 Å². The molecule has 216 valence electrons. The molecule has 1 amide bonds. The van der Waals surface area contributed by atoms with Crippen LogP contribution < -0.4 is 5.32 Å². The number of rotatable bonds is 7. The van der Waals surface area contributed by atoms with E-state index in [1.807, 2.05) is 122 Å². The van der Waals surface area contributed by atoms with Crippen LogP contribution in [0.2, 0.25) is 0 Å². The molecule has 0 saturated heterocycles. The zero-order valence-corrected chi connectivity index (χ0v) is 25.2. The number of para-hydroxylation sites is 1. The molecule has 5 aromatic carbocycles. The highest BCUT2D eigenvalue weighted by Crippen LogP contribution is 2.13. The molecule has 5 rings (SSSR count). The highest BCUT2D eigenvalue weighted by molar-refractivity contribution is 6.00. The second kappa shape index (κ2) is 18.2. The number of benzene rings is 5. The fourth-order valence-electron chi connectivity index (χ4n) is 3.93. The average Bonchev–Trinajstić information content (AvgIpc) is 3.06. The first-order chi connectivity index (χ1) is 20.9. The van der Waals surface area contributed by atoms with Crippen LogP contribution in [0.25, 0.3) is 5.70 Å². The minimum absolute atomic E-state index is 0.0937. The fraction of sp³-hybridized carbons (Fsp3) is 0.103. The summed E-state index contributed by atoms with van der Waals surface area (Å²) in [5, 5.41) is 2.63. The number of carbonyl (C=O) groups excluding carboxylic acids is 1. The summed E-state index contributed by atoms with van der Waals surface area (Å²) in [5.74, 6) is -0.0937. The SMILES string of the molecule is C=C(NC(C)=O)c1ccccc1.CC(=NCc1ccccc1)c1ccccc1.CC(=Nc1ccccc1)c1ccccc1. The molecule has 0 radical (unpaired) electrons. The Hall–Kier alpha value is -5.35. The molecule has 0 aliphatic heterocycles. The van der Waals surface area contributed by atoms with Gasteiger partial charge in [-0.2, -0.15) is 0 Å². The summed E-state index contributed by atoms with van der Waals surface area (Å²) in [6.07, 6.45) is 0. The minimum atomic E-state index is -0.0937. The molecular formula is C39H39N3O. The van der Waals surface area contributed by atoms with Gasteiger partial charge in [-0.15, -0.1) is 0 Å². The van der Waals surface area contributed by atoms with Gasteiger partial charge in [0.2, 0.25) is 5.91 Å². The molecule has 5 aromatic rings. The van der Waals surface area contributed by atoms with Gasteiger partial charge >= 0.3 is 0 Å². The van der Waals surface area contributed by atoms with Crippen LogP contribution in [0.1, 0.15) is 43.0 Å². The van der Waals surface area contributed by atoms with E-state index in [9.17, 15) is 4.79 Å². The quantitative estimate of drug-likeness (QED) is 0.196. The summed E-state index contributed by atoms with van der Waals surface area (Å²) < 4.78 is 0. The van der Waals surface area contributed by atoms with E-state index in [-0.39, 0.29) is 5.91 Å². The maximum atomic E-state index is 10.7. The molecule has 0 aromatic heterocycles. The van der Waals surface area contributed by atoms with Crippen LogP contribution in [0.5, 0.6) is 0 Å². The third-order valence-electron chi connectivity index (χ3n) is 6.23. The summed E-state index contributed by atoms with van der Waals surface area (Å²) in [6.45, 7) is 10.0. The molecule has 4 nitrogen and oxygen atoms in total. The largest absolute Gasteiger partial charge is 0.326 e. The van der Waals surface area contributed by atoms with Gasteiger partial charge in [0, 0.05) is 24.0 Å². The number of hydrogen-bond acceptors (Lipinski definition) is 3. The number of aliphatic imine (C=N–C) groups is 2. The summed E-state index contributed by atoms with van der Waals surface area (Å²) in [7, 11) is 0. The van der Waals surface area contributed by atoms with Crippen molar-refractivity contribution in [2.24, 2.45) is 9.98 Å². The Balaban J connectivity index is 0.000000179. The van der Waals surface area contributed by atoms with Crippen LogP contribution in [0, 0.1) is 0 Å². The molecule has 0 fully saturated rings. The summed E-state index contributed by atoms with van der Waals surface area (Å²) in [4.78, 5) is 19.8. The van der Waals surface area contributed by atoms with Gasteiger partial charge in [0.05, 0.1) is 12.2 Å². The van der Waals surface area contributed by atoms with Gasteiger partial charge in [-0.05, 0) is 48.2 Å². The van der Waals surface area contributed by atoms with E-state index in [1.54, 1.807) is 0 Å². The zero-order valence-electron chi connectivity index (χ0n) is 25.2. The number of hydrogen-bond donors (Lipinski definition) is 1. The molecule has 0 bridgehead atoms. The van der Waals surface area contributed by atoms with Gasteiger partial charge in [0.1, 0.15) is 0 Å². The van der Waals surface area contributed by atoms with Crippen molar-refractivity contribution in [3.8, 4) is 0 Å². The van der Waals surface area contributed by atoms with Crippen molar-refractivity contribution >= 4 is 28.7 Å². The Bertz CT molecular complexity index is 1580. The molecule has 0 aliphatic carbocycles. The lowest BCUT2D eigenvalue weighted by Crippen LogP contribution is -2.16. The topological polar surface area (TPSA) is 53.8 Å². The zero-order chi connectivity index (χ0) is 30.7. The lowest BCUT2D eigenvalue weighted by molar-refractivity contribution is -0.117. The lowest BCUT2D eigenvalue weighted by atomic mass is 10.1. The highest BCUT2D eigenvalue weighted by Gasteiger charge is 1.98. The van der Waals surface area contributed by atoms with Crippen LogP contribution in [-0.2, 0) is 11.3 Å². The molecular weight excluding hydrogens is 526 g/mol. The molecule has 0 heterocycles. The Morgan fingerprint density at radius 3 is 1.42 bits per heavy atom. The molecule has 0 atom stereocenters. The van der Waals surface area contributed by atoms with Crippen LogP contribution in [-0.4, -0.2) is 17.3 Å². The summed E-state index contributed by atoms with van der Waals surface area (Å²) >= 11 is 0. The number of amides is 1. The molecule has 0 saturated carbocycles. The number of nitrogens with one attached hydrogen (secondary N) is 1. The van der Waals surface area contributed by atoms with Gasteiger partial charge in [0.25, 0.3) is 0 Å². The Morgan fingerprint density at radius 1 is 0.558 bits per heavy atom. The van der Waals surface area contributed by atoms with Crippen molar-refractivity contribution < 1.29 is 4.79 Å². The fourth-order valence-corrected chi connectivity index (χ4v) is 3.93. The third kappa shape index (κ3) is 12.4. The maximum Gasteiger partial charge on any atom is 0.221 e. The molecule has 43 heavy (non-hydrogen) atoms. The smallest absolute Gasteiger partial charge is 0.221 e.